The van der Waals surface area contributed by atoms with Gasteiger partial charge in [-0.05, 0) is 37.3 Å². The summed E-state index contributed by atoms with van der Waals surface area (Å²) in [5.74, 6) is -0.244. The summed E-state index contributed by atoms with van der Waals surface area (Å²) in [6, 6.07) is 10.5. The molecular formula is C15H14N4O. The number of nitrogens with one attached hydrogen (secondary N) is 2. The van der Waals surface area contributed by atoms with Gasteiger partial charge in [0, 0.05) is 24.6 Å². The van der Waals surface area contributed by atoms with Gasteiger partial charge in [0.15, 0.2) is 0 Å². The Labute approximate surface area is 117 Å². The summed E-state index contributed by atoms with van der Waals surface area (Å²) in [7, 11) is 1.76. The molecule has 0 atom stereocenters. The average Bonchev–Trinajstić information content (AvgIpc) is 2.47. The number of carbonyl (C=O) groups excluding carboxylic acids is 1. The van der Waals surface area contributed by atoms with Gasteiger partial charge in [-0.2, -0.15) is 5.26 Å². The second-order valence-electron chi connectivity index (χ2n) is 4.26. The largest absolute Gasteiger partial charge is 0.387 e. The molecule has 20 heavy (non-hydrogen) atoms. The van der Waals surface area contributed by atoms with Crippen molar-refractivity contribution < 1.29 is 4.79 Å². The summed E-state index contributed by atoms with van der Waals surface area (Å²) in [5, 5.41) is 14.5. The van der Waals surface area contributed by atoms with Crippen molar-refractivity contribution in [2.24, 2.45) is 0 Å². The fraction of sp³-hybridized carbons (Fsp3) is 0.133. The number of pyridine rings is 1. The summed E-state index contributed by atoms with van der Waals surface area (Å²) in [5.41, 5.74) is 3.22. The molecule has 0 radical (unpaired) electrons. The van der Waals surface area contributed by atoms with Crippen molar-refractivity contribution in [3.05, 3.63) is 53.3 Å². The maximum atomic E-state index is 12.2. The van der Waals surface area contributed by atoms with Gasteiger partial charge in [0.1, 0.15) is 0 Å². The van der Waals surface area contributed by atoms with Crippen LogP contribution in [0.25, 0.3) is 0 Å². The molecule has 0 spiro atoms. The molecule has 0 aliphatic heterocycles. The molecular weight excluding hydrogens is 252 g/mol. The van der Waals surface area contributed by atoms with Gasteiger partial charge < -0.3 is 10.6 Å². The van der Waals surface area contributed by atoms with E-state index < -0.39 is 0 Å². The van der Waals surface area contributed by atoms with Gasteiger partial charge >= 0.3 is 0 Å². The third-order valence-corrected chi connectivity index (χ3v) is 2.83. The van der Waals surface area contributed by atoms with Crippen LogP contribution in [-0.2, 0) is 0 Å². The van der Waals surface area contributed by atoms with Crippen molar-refractivity contribution in [2.75, 3.05) is 17.7 Å². The Kier molecular flexibility index (Phi) is 3.96. The van der Waals surface area contributed by atoms with Crippen LogP contribution < -0.4 is 10.6 Å². The lowest BCUT2D eigenvalue weighted by Gasteiger charge is -2.10. The first kappa shape index (κ1) is 13.6. The number of amides is 1. The second-order valence-corrected chi connectivity index (χ2v) is 4.26. The molecule has 2 aromatic rings. The molecule has 0 aliphatic rings. The number of aryl methyl sites for hydroxylation is 1. The molecule has 0 unspecified atom stereocenters. The fourth-order valence-electron chi connectivity index (χ4n) is 1.77. The van der Waals surface area contributed by atoms with Crippen molar-refractivity contribution in [3.8, 4) is 6.07 Å². The summed E-state index contributed by atoms with van der Waals surface area (Å²) in [4.78, 5) is 16.3. The van der Waals surface area contributed by atoms with E-state index in [1.807, 2.05) is 19.1 Å². The summed E-state index contributed by atoms with van der Waals surface area (Å²) >= 11 is 0. The van der Waals surface area contributed by atoms with Crippen LogP contribution in [0.1, 0.15) is 21.6 Å². The van der Waals surface area contributed by atoms with Crippen LogP contribution >= 0.6 is 0 Å². The van der Waals surface area contributed by atoms with E-state index in [9.17, 15) is 4.79 Å². The number of anilines is 2. The molecule has 1 aromatic heterocycles. The Morgan fingerprint density at radius 1 is 1.30 bits per heavy atom. The van der Waals surface area contributed by atoms with Gasteiger partial charge in [-0.25, -0.2) is 0 Å². The first-order valence-electron chi connectivity index (χ1n) is 6.10. The molecule has 0 saturated heterocycles. The molecule has 1 heterocycles. The zero-order valence-electron chi connectivity index (χ0n) is 11.3. The number of carbonyl (C=O) groups is 1. The number of aromatic nitrogens is 1. The normalized spacial score (nSPS) is 9.65. The van der Waals surface area contributed by atoms with Crippen molar-refractivity contribution in [1.29, 1.82) is 5.26 Å². The molecule has 1 amide bonds. The standard InChI is InChI=1S/C15H14N4O/c1-10-7-14(17-2)13(9-18-10)15(20)19-12-5-3-11(8-16)4-6-12/h3-7,9H,1-2H3,(H,17,18)(H,19,20). The lowest BCUT2D eigenvalue weighted by molar-refractivity contribution is 0.102. The van der Waals surface area contributed by atoms with Crippen LogP contribution in [0.15, 0.2) is 36.5 Å². The smallest absolute Gasteiger partial charge is 0.259 e. The topological polar surface area (TPSA) is 77.8 Å². The molecule has 2 rings (SSSR count). The predicted molar refractivity (Wildman–Crippen MR) is 77.6 cm³/mol. The molecule has 0 bridgehead atoms. The fourth-order valence-corrected chi connectivity index (χ4v) is 1.77. The quantitative estimate of drug-likeness (QED) is 0.895. The molecule has 5 nitrogen and oxygen atoms in total. The van der Waals surface area contributed by atoms with Gasteiger partial charge in [-0.3, -0.25) is 9.78 Å². The van der Waals surface area contributed by atoms with E-state index in [0.29, 0.717) is 16.8 Å². The van der Waals surface area contributed by atoms with Crippen LogP contribution in [0, 0.1) is 18.3 Å². The second kappa shape index (κ2) is 5.85. The first-order chi connectivity index (χ1) is 9.63. The van der Waals surface area contributed by atoms with Crippen LogP contribution in [0.4, 0.5) is 11.4 Å². The first-order valence-corrected chi connectivity index (χ1v) is 6.10. The van der Waals surface area contributed by atoms with E-state index in [1.165, 1.54) is 0 Å². The van der Waals surface area contributed by atoms with E-state index in [2.05, 4.69) is 15.6 Å². The van der Waals surface area contributed by atoms with E-state index in [0.717, 1.165) is 11.4 Å². The van der Waals surface area contributed by atoms with Crippen LogP contribution in [0.2, 0.25) is 0 Å². The molecule has 2 N–H and O–H groups in total. The highest BCUT2D eigenvalue weighted by atomic mass is 16.1. The Morgan fingerprint density at radius 3 is 2.60 bits per heavy atom. The minimum absolute atomic E-state index is 0.244. The number of nitriles is 1. The summed E-state index contributed by atoms with van der Waals surface area (Å²) in [6.45, 7) is 1.86. The predicted octanol–water partition coefficient (Wildman–Crippen LogP) is 2.56. The maximum absolute atomic E-state index is 12.2. The third-order valence-electron chi connectivity index (χ3n) is 2.83. The van der Waals surface area contributed by atoms with E-state index >= 15 is 0 Å². The SMILES string of the molecule is CNc1cc(C)ncc1C(=O)Nc1ccc(C#N)cc1. The molecule has 5 heteroatoms. The average molecular weight is 266 g/mol. The summed E-state index contributed by atoms with van der Waals surface area (Å²) < 4.78 is 0. The maximum Gasteiger partial charge on any atom is 0.259 e. The minimum Gasteiger partial charge on any atom is -0.387 e. The van der Waals surface area contributed by atoms with Crippen LogP contribution in [0.3, 0.4) is 0 Å². The van der Waals surface area contributed by atoms with E-state index in [1.54, 1.807) is 37.5 Å². The zero-order valence-corrected chi connectivity index (χ0v) is 11.3. The monoisotopic (exact) mass is 266 g/mol. The molecule has 0 saturated carbocycles. The molecule has 0 fully saturated rings. The van der Waals surface area contributed by atoms with Crippen LogP contribution in [-0.4, -0.2) is 17.9 Å². The number of rotatable bonds is 3. The number of hydrogen-bond acceptors (Lipinski definition) is 4. The third kappa shape index (κ3) is 2.93. The summed E-state index contributed by atoms with van der Waals surface area (Å²) in [6.07, 6.45) is 1.54. The molecule has 100 valence electrons. The van der Waals surface area contributed by atoms with Gasteiger partial charge in [0.2, 0.25) is 0 Å². The lowest BCUT2D eigenvalue weighted by atomic mass is 10.2. The minimum atomic E-state index is -0.244. The highest BCUT2D eigenvalue weighted by molar-refractivity contribution is 6.07. The number of nitrogens with zero attached hydrogens (tertiary/aromatic N) is 2. The van der Waals surface area contributed by atoms with Gasteiger partial charge in [0.25, 0.3) is 5.91 Å². The van der Waals surface area contributed by atoms with E-state index in [-0.39, 0.29) is 5.91 Å². The Hall–Kier alpha value is -2.87. The van der Waals surface area contributed by atoms with Crippen molar-refractivity contribution in [3.63, 3.8) is 0 Å². The molecule has 0 aliphatic carbocycles. The highest BCUT2D eigenvalue weighted by Gasteiger charge is 2.11. The van der Waals surface area contributed by atoms with Gasteiger partial charge in [-0.1, -0.05) is 0 Å². The van der Waals surface area contributed by atoms with Crippen LogP contribution in [0.5, 0.6) is 0 Å². The molecule has 1 aromatic carbocycles. The van der Waals surface area contributed by atoms with Crippen molar-refractivity contribution in [2.45, 2.75) is 6.92 Å². The lowest BCUT2D eigenvalue weighted by Crippen LogP contribution is -2.14. The zero-order chi connectivity index (χ0) is 14.5. The Morgan fingerprint density at radius 2 is 2.00 bits per heavy atom. The Bertz CT molecular complexity index is 671. The van der Waals surface area contributed by atoms with Gasteiger partial charge in [-0.15, -0.1) is 0 Å². The Balaban J connectivity index is 2.21. The number of benzene rings is 1. The van der Waals surface area contributed by atoms with Crippen molar-refractivity contribution in [1.82, 2.24) is 4.98 Å². The van der Waals surface area contributed by atoms with Gasteiger partial charge in [0.05, 0.1) is 22.9 Å². The number of hydrogen-bond donors (Lipinski definition) is 2. The highest BCUT2D eigenvalue weighted by Crippen LogP contribution is 2.17. The van der Waals surface area contributed by atoms with E-state index in [4.69, 9.17) is 5.26 Å². The van der Waals surface area contributed by atoms with Crippen molar-refractivity contribution >= 4 is 17.3 Å².